The molecule has 3 rings (SSSR count). The average Bonchev–Trinajstić information content (AvgIpc) is 2.63. The molecule has 0 aromatic heterocycles. The van der Waals surface area contributed by atoms with Gasteiger partial charge in [-0.1, -0.05) is 38.1 Å². The lowest BCUT2D eigenvalue weighted by Crippen LogP contribution is -2.35. The van der Waals surface area contributed by atoms with E-state index in [4.69, 9.17) is 4.74 Å². The first-order valence-electron chi connectivity index (χ1n) is 8.92. The molecule has 0 aliphatic carbocycles. The standard InChI is InChI=1S/C21H26N2O2/c1-16(2)18-6-8-20(9-7-18)22-21(24)19-5-3-4-17(14-19)15-23-10-12-25-13-11-23/h3-9,14,16H,10-13,15H2,1-2H3,(H,22,24). The molecule has 1 N–H and O–H groups in total. The maximum atomic E-state index is 12.5. The van der Waals surface area contributed by atoms with Crippen molar-refractivity contribution in [2.24, 2.45) is 0 Å². The van der Waals surface area contributed by atoms with Crippen LogP contribution in [0.25, 0.3) is 0 Å². The molecule has 1 saturated heterocycles. The number of hydrogen-bond acceptors (Lipinski definition) is 3. The number of benzene rings is 2. The first-order valence-corrected chi connectivity index (χ1v) is 8.92. The summed E-state index contributed by atoms with van der Waals surface area (Å²) in [5.41, 5.74) is 3.95. The lowest BCUT2D eigenvalue weighted by atomic mass is 10.0. The minimum Gasteiger partial charge on any atom is -0.379 e. The van der Waals surface area contributed by atoms with Gasteiger partial charge in [-0.15, -0.1) is 0 Å². The molecule has 1 aliphatic heterocycles. The van der Waals surface area contributed by atoms with Gasteiger partial charge in [0.15, 0.2) is 0 Å². The van der Waals surface area contributed by atoms with E-state index in [1.807, 2.05) is 30.3 Å². The third kappa shape index (κ3) is 4.91. The van der Waals surface area contributed by atoms with E-state index in [9.17, 15) is 4.79 Å². The van der Waals surface area contributed by atoms with E-state index in [1.54, 1.807) is 0 Å². The quantitative estimate of drug-likeness (QED) is 0.899. The molecule has 0 unspecified atom stereocenters. The molecule has 25 heavy (non-hydrogen) atoms. The Hall–Kier alpha value is -2.17. The Morgan fingerprint density at radius 3 is 2.52 bits per heavy atom. The molecule has 0 spiro atoms. The van der Waals surface area contributed by atoms with Crippen molar-refractivity contribution in [1.82, 2.24) is 4.90 Å². The van der Waals surface area contributed by atoms with Gasteiger partial charge in [-0.05, 0) is 41.3 Å². The van der Waals surface area contributed by atoms with Crippen molar-refractivity contribution < 1.29 is 9.53 Å². The van der Waals surface area contributed by atoms with Gasteiger partial charge in [0.1, 0.15) is 0 Å². The van der Waals surface area contributed by atoms with Crippen molar-refractivity contribution in [3.8, 4) is 0 Å². The van der Waals surface area contributed by atoms with Crippen LogP contribution < -0.4 is 5.32 Å². The minimum absolute atomic E-state index is 0.0684. The second kappa shape index (κ2) is 8.28. The summed E-state index contributed by atoms with van der Waals surface area (Å²) in [6.45, 7) is 8.63. The normalized spacial score (nSPS) is 15.3. The summed E-state index contributed by atoms with van der Waals surface area (Å²) in [7, 11) is 0. The number of carbonyl (C=O) groups excluding carboxylic acids is 1. The Labute approximate surface area is 149 Å². The van der Waals surface area contributed by atoms with Gasteiger partial charge in [0, 0.05) is 30.9 Å². The molecule has 1 fully saturated rings. The van der Waals surface area contributed by atoms with Crippen LogP contribution in [-0.2, 0) is 11.3 Å². The van der Waals surface area contributed by atoms with E-state index < -0.39 is 0 Å². The van der Waals surface area contributed by atoms with Crippen LogP contribution in [-0.4, -0.2) is 37.1 Å². The summed E-state index contributed by atoms with van der Waals surface area (Å²) in [4.78, 5) is 14.9. The Morgan fingerprint density at radius 1 is 1.12 bits per heavy atom. The Balaban J connectivity index is 1.64. The highest BCUT2D eigenvalue weighted by molar-refractivity contribution is 6.04. The molecule has 0 bridgehead atoms. The summed E-state index contributed by atoms with van der Waals surface area (Å²) in [5, 5.41) is 2.98. The molecule has 4 heteroatoms. The molecule has 0 atom stereocenters. The molecule has 1 amide bonds. The van der Waals surface area contributed by atoms with Gasteiger partial charge in [-0.2, -0.15) is 0 Å². The van der Waals surface area contributed by atoms with Crippen molar-refractivity contribution in [1.29, 1.82) is 0 Å². The van der Waals surface area contributed by atoms with Crippen molar-refractivity contribution in [3.63, 3.8) is 0 Å². The number of ether oxygens (including phenoxy) is 1. The van der Waals surface area contributed by atoms with Crippen LogP contribution in [0.5, 0.6) is 0 Å². The predicted octanol–water partition coefficient (Wildman–Crippen LogP) is 3.89. The molecule has 1 aliphatic rings. The van der Waals surface area contributed by atoms with Crippen molar-refractivity contribution in [3.05, 3.63) is 65.2 Å². The number of nitrogens with zero attached hydrogens (tertiary/aromatic N) is 1. The zero-order valence-corrected chi connectivity index (χ0v) is 15.0. The molecular formula is C21H26N2O2. The van der Waals surface area contributed by atoms with E-state index in [2.05, 4.69) is 42.3 Å². The zero-order valence-electron chi connectivity index (χ0n) is 15.0. The third-order valence-corrected chi connectivity index (χ3v) is 4.53. The lowest BCUT2D eigenvalue weighted by molar-refractivity contribution is 0.0342. The van der Waals surface area contributed by atoms with Crippen molar-refractivity contribution in [2.75, 3.05) is 31.6 Å². The van der Waals surface area contributed by atoms with Gasteiger partial charge in [0.05, 0.1) is 13.2 Å². The second-order valence-corrected chi connectivity index (χ2v) is 6.82. The van der Waals surface area contributed by atoms with Gasteiger partial charge < -0.3 is 10.1 Å². The second-order valence-electron chi connectivity index (χ2n) is 6.82. The molecule has 0 radical (unpaired) electrons. The number of rotatable bonds is 5. The van der Waals surface area contributed by atoms with Crippen LogP contribution in [0.3, 0.4) is 0 Å². The Kier molecular flexibility index (Phi) is 5.84. The number of morpholine rings is 1. The van der Waals surface area contributed by atoms with E-state index in [0.29, 0.717) is 11.5 Å². The van der Waals surface area contributed by atoms with Gasteiger partial charge in [-0.3, -0.25) is 9.69 Å². The summed E-state index contributed by atoms with van der Waals surface area (Å²) in [5.74, 6) is 0.419. The molecule has 132 valence electrons. The summed E-state index contributed by atoms with van der Waals surface area (Å²) in [6.07, 6.45) is 0. The maximum Gasteiger partial charge on any atom is 0.255 e. The smallest absolute Gasteiger partial charge is 0.255 e. The molecule has 1 heterocycles. The van der Waals surface area contributed by atoms with Crippen LogP contribution in [0.15, 0.2) is 48.5 Å². The van der Waals surface area contributed by atoms with Gasteiger partial charge in [0.2, 0.25) is 0 Å². The number of amides is 1. The number of nitrogens with one attached hydrogen (secondary N) is 1. The maximum absolute atomic E-state index is 12.5. The zero-order chi connectivity index (χ0) is 17.6. The topological polar surface area (TPSA) is 41.6 Å². The molecule has 2 aromatic carbocycles. The minimum atomic E-state index is -0.0684. The van der Waals surface area contributed by atoms with E-state index >= 15 is 0 Å². The van der Waals surface area contributed by atoms with Crippen LogP contribution in [0, 0.1) is 0 Å². The largest absolute Gasteiger partial charge is 0.379 e. The van der Waals surface area contributed by atoms with Gasteiger partial charge >= 0.3 is 0 Å². The Morgan fingerprint density at radius 2 is 1.84 bits per heavy atom. The highest BCUT2D eigenvalue weighted by Crippen LogP contribution is 2.18. The summed E-state index contributed by atoms with van der Waals surface area (Å²) in [6, 6.07) is 15.9. The van der Waals surface area contributed by atoms with Crippen LogP contribution in [0.2, 0.25) is 0 Å². The third-order valence-electron chi connectivity index (χ3n) is 4.53. The average molecular weight is 338 g/mol. The SMILES string of the molecule is CC(C)c1ccc(NC(=O)c2cccc(CN3CCOCC3)c2)cc1. The predicted molar refractivity (Wildman–Crippen MR) is 101 cm³/mol. The fourth-order valence-electron chi connectivity index (χ4n) is 2.98. The number of hydrogen-bond donors (Lipinski definition) is 1. The number of anilines is 1. The Bertz CT molecular complexity index is 704. The molecule has 4 nitrogen and oxygen atoms in total. The van der Waals surface area contributed by atoms with E-state index in [1.165, 1.54) is 5.56 Å². The van der Waals surface area contributed by atoms with Crippen LogP contribution in [0.4, 0.5) is 5.69 Å². The molecule has 2 aromatic rings. The monoisotopic (exact) mass is 338 g/mol. The fourth-order valence-corrected chi connectivity index (χ4v) is 2.98. The van der Waals surface area contributed by atoms with E-state index in [0.717, 1.165) is 44.1 Å². The first-order chi connectivity index (χ1) is 12.1. The lowest BCUT2D eigenvalue weighted by Gasteiger charge is -2.26. The fraction of sp³-hybridized carbons (Fsp3) is 0.381. The van der Waals surface area contributed by atoms with Crippen molar-refractivity contribution >= 4 is 11.6 Å². The highest BCUT2D eigenvalue weighted by Gasteiger charge is 2.12. The molecular weight excluding hydrogens is 312 g/mol. The number of carbonyl (C=O) groups is 1. The van der Waals surface area contributed by atoms with Gasteiger partial charge in [0.25, 0.3) is 5.91 Å². The van der Waals surface area contributed by atoms with Crippen LogP contribution in [0.1, 0.15) is 41.3 Å². The summed E-state index contributed by atoms with van der Waals surface area (Å²) < 4.78 is 5.38. The summed E-state index contributed by atoms with van der Waals surface area (Å²) >= 11 is 0. The molecule has 0 saturated carbocycles. The van der Waals surface area contributed by atoms with E-state index in [-0.39, 0.29) is 5.91 Å². The van der Waals surface area contributed by atoms with Crippen molar-refractivity contribution in [2.45, 2.75) is 26.3 Å². The van der Waals surface area contributed by atoms with Crippen LogP contribution >= 0.6 is 0 Å². The first kappa shape index (κ1) is 17.6. The van der Waals surface area contributed by atoms with Gasteiger partial charge in [-0.25, -0.2) is 0 Å². The highest BCUT2D eigenvalue weighted by atomic mass is 16.5.